The third-order valence-electron chi connectivity index (χ3n) is 6.77. The van der Waals surface area contributed by atoms with Gasteiger partial charge in [0, 0.05) is 30.0 Å². The van der Waals surface area contributed by atoms with Crippen molar-refractivity contribution in [1.29, 1.82) is 0 Å². The topological polar surface area (TPSA) is 94.8 Å². The summed E-state index contributed by atoms with van der Waals surface area (Å²) in [5, 5.41) is 18.1. The van der Waals surface area contributed by atoms with E-state index in [9.17, 15) is 5.11 Å². The summed E-state index contributed by atoms with van der Waals surface area (Å²) in [5.41, 5.74) is 2.64. The van der Waals surface area contributed by atoms with Crippen LogP contribution in [0, 0.1) is 10.8 Å². The molecule has 2 aliphatic carbocycles. The Balaban J connectivity index is 1.18. The quantitative estimate of drug-likeness (QED) is 0.716. The van der Waals surface area contributed by atoms with Crippen molar-refractivity contribution in [2.45, 2.75) is 51.5 Å². The lowest BCUT2D eigenvalue weighted by Crippen LogP contribution is -2.56. The molecule has 9 heteroatoms. The van der Waals surface area contributed by atoms with Gasteiger partial charge in [0.15, 0.2) is 6.29 Å². The molecule has 4 aliphatic rings. The molecule has 166 valence electrons. The maximum absolute atomic E-state index is 9.53. The van der Waals surface area contributed by atoms with Crippen LogP contribution in [0.5, 0.6) is 5.75 Å². The molecule has 2 aliphatic heterocycles. The summed E-state index contributed by atoms with van der Waals surface area (Å²) >= 11 is 0. The Kier molecular flexibility index (Phi) is 4.49. The highest BCUT2D eigenvalue weighted by atomic mass is 16.7. The number of aliphatic hydroxyl groups is 1. The van der Waals surface area contributed by atoms with Gasteiger partial charge in [0.05, 0.1) is 50.6 Å². The van der Waals surface area contributed by atoms with Crippen LogP contribution in [0.4, 0.5) is 5.69 Å². The molecule has 2 saturated carbocycles. The van der Waals surface area contributed by atoms with Gasteiger partial charge in [0.1, 0.15) is 17.1 Å². The van der Waals surface area contributed by atoms with Crippen LogP contribution in [0.1, 0.15) is 32.6 Å². The van der Waals surface area contributed by atoms with Gasteiger partial charge < -0.3 is 24.2 Å². The second-order valence-corrected chi connectivity index (χ2v) is 10.1. The standard InChI is InChI=1S/C22H29N5O4/c1-21(12-28)10-26(11-21)15-6-18(31-16-2-3-16)20(23-7-15)17-8-27(25-24-17)9-19-29-13-22(4-5-22)14-30-19/h6-8,16,19,28H,2-5,9-14H2,1H3. The zero-order chi connectivity index (χ0) is 21.1. The molecule has 31 heavy (non-hydrogen) atoms. The van der Waals surface area contributed by atoms with Gasteiger partial charge in [0.25, 0.3) is 0 Å². The molecule has 1 N–H and O–H groups in total. The van der Waals surface area contributed by atoms with Crippen molar-refractivity contribution in [3.63, 3.8) is 0 Å². The third kappa shape index (κ3) is 3.90. The van der Waals surface area contributed by atoms with Crippen LogP contribution >= 0.6 is 0 Å². The van der Waals surface area contributed by atoms with Gasteiger partial charge in [-0.25, -0.2) is 9.67 Å². The number of hydrogen-bond acceptors (Lipinski definition) is 8. The first-order valence-corrected chi connectivity index (χ1v) is 11.2. The van der Waals surface area contributed by atoms with Gasteiger partial charge >= 0.3 is 0 Å². The number of nitrogens with zero attached hydrogens (tertiary/aromatic N) is 5. The van der Waals surface area contributed by atoms with Gasteiger partial charge in [-0.1, -0.05) is 12.1 Å². The lowest BCUT2D eigenvalue weighted by atomic mass is 9.82. The lowest BCUT2D eigenvalue weighted by Gasteiger charge is -2.48. The monoisotopic (exact) mass is 427 g/mol. The molecule has 0 bridgehead atoms. The minimum Gasteiger partial charge on any atom is -0.488 e. The summed E-state index contributed by atoms with van der Waals surface area (Å²) < 4.78 is 19.7. The second-order valence-electron chi connectivity index (χ2n) is 10.1. The van der Waals surface area contributed by atoms with Crippen molar-refractivity contribution in [3.8, 4) is 17.1 Å². The third-order valence-corrected chi connectivity index (χ3v) is 6.77. The van der Waals surface area contributed by atoms with E-state index < -0.39 is 0 Å². The Labute approximate surface area is 181 Å². The number of pyridine rings is 1. The largest absolute Gasteiger partial charge is 0.488 e. The smallest absolute Gasteiger partial charge is 0.177 e. The Hall–Kier alpha value is -2.23. The molecule has 2 saturated heterocycles. The normalized spacial score (nSPS) is 24.3. The van der Waals surface area contributed by atoms with Crippen LogP contribution in [0.25, 0.3) is 11.4 Å². The predicted molar refractivity (Wildman–Crippen MR) is 112 cm³/mol. The second kappa shape index (κ2) is 7.15. The number of hydrogen-bond donors (Lipinski definition) is 1. The zero-order valence-electron chi connectivity index (χ0n) is 17.9. The van der Waals surface area contributed by atoms with E-state index >= 15 is 0 Å². The molecule has 0 atom stereocenters. The predicted octanol–water partition coefficient (Wildman–Crippen LogP) is 1.85. The molecule has 0 aromatic carbocycles. The molecule has 4 fully saturated rings. The fourth-order valence-corrected chi connectivity index (χ4v) is 4.26. The highest BCUT2D eigenvalue weighted by Crippen LogP contribution is 2.48. The number of aromatic nitrogens is 4. The van der Waals surface area contributed by atoms with Crippen LogP contribution in [0.3, 0.4) is 0 Å². The average molecular weight is 428 g/mol. The van der Waals surface area contributed by atoms with E-state index in [4.69, 9.17) is 14.2 Å². The van der Waals surface area contributed by atoms with Gasteiger partial charge in [-0.15, -0.1) is 5.10 Å². The summed E-state index contributed by atoms with van der Waals surface area (Å²) in [4.78, 5) is 6.90. The van der Waals surface area contributed by atoms with E-state index in [1.165, 1.54) is 12.8 Å². The molecular weight excluding hydrogens is 398 g/mol. The van der Waals surface area contributed by atoms with Crippen molar-refractivity contribution in [1.82, 2.24) is 20.0 Å². The molecule has 1 spiro atoms. The van der Waals surface area contributed by atoms with Crippen LogP contribution in [0.15, 0.2) is 18.5 Å². The van der Waals surface area contributed by atoms with E-state index in [2.05, 4.69) is 27.1 Å². The summed E-state index contributed by atoms with van der Waals surface area (Å²) in [6, 6.07) is 2.04. The Morgan fingerprint density at radius 2 is 2.00 bits per heavy atom. The lowest BCUT2D eigenvalue weighted by molar-refractivity contribution is -0.213. The molecule has 0 amide bonds. The van der Waals surface area contributed by atoms with Crippen molar-refractivity contribution in [2.75, 3.05) is 37.8 Å². The average Bonchev–Trinajstić information content (AvgIpc) is 3.68. The fourth-order valence-electron chi connectivity index (χ4n) is 4.26. The minimum atomic E-state index is -0.287. The van der Waals surface area contributed by atoms with E-state index in [0.29, 0.717) is 17.9 Å². The van der Waals surface area contributed by atoms with Crippen LogP contribution in [-0.2, 0) is 16.0 Å². The van der Waals surface area contributed by atoms with E-state index in [0.717, 1.165) is 50.6 Å². The van der Waals surface area contributed by atoms with Gasteiger partial charge in [-0.3, -0.25) is 0 Å². The first-order valence-electron chi connectivity index (χ1n) is 11.2. The van der Waals surface area contributed by atoms with Crippen molar-refractivity contribution < 1.29 is 19.3 Å². The van der Waals surface area contributed by atoms with E-state index in [1.54, 1.807) is 4.68 Å². The summed E-state index contributed by atoms with van der Waals surface area (Å²) in [7, 11) is 0. The molecule has 4 heterocycles. The van der Waals surface area contributed by atoms with Crippen LogP contribution in [-0.4, -0.2) is 70.4 Å². The Morgan fingerprint density at radius 3 is 2.68 bits per heavy atom. The summed E-state index contributed by atoms with van der Waals surface area (Å²) in [5.74, 6) is 0.741. The molecule has 6 rings (SSSR count). The van der Waals surface area contributed by atoms with Crippen LogP contribution in [0.2, 0.25) is 0 Å². The van der Waals surface area contributed by atoms with E-state index in [-0.39, 0.29) is 29.8 Å². The van der Waals surface area contributed by atoms with Gasteiger partial charge in [-0.2, -0.15) is 0 Å². The number of ether oxygens (including phenoxy) is 3. The van der Waals surface area contributed by atoms with Gasteiger partial charge in [-0.05, 0) is 25.7 Å². The first kappa shape index (κ1) is 19.5. The molecule has 0 unspecified atom stereocenters. The maximum Gasteiger partial charge on any atom is 0.177 e. The Bertz CT molecular complexity index is 955. The molecule has 9 nitrogen and oxygen atoms in total. The molecule has 0 radical (unpaired) electrons. The zero-order valence-corrected chi connectivity index (χ0v) is 17.9. The maximum atomic E-state index is 9.53. The number of aliphatic hydroxyl groups excluding tert-OH is 1. The Morgan fingerprint density at radius 1 is 1.23 bits per heavy atom. The highest BCUT2D eigenvalue weighted by molar-refractivity contribution is 5.66. The van der Waals surface area contributed by atoms with Crippen molar-refractivity contribution in [2.24, 2.45) is 10.8 Å². The molecule has 2 aromatic rings. The van der Waals surface area contributed by atoms with Gasteiger partial charge in [0.2, 0.25) is 0 Å². The molecular formula is C22H29N5O4. The van der Waals surface area contributed by atoms with Crippen LogP contribution < -0.4 is 9.64 Å². The summed E-state index contributed by atoms with van der Waals surface area (Å²) in [6.45, 7) is 5.96. The van der Waals surface area contributed by atoms with Crippen molar-refractivity contribution >= 4 is 5.69 Å². The number of rotatable bonds is 7. The minimum absolute atomic E-state index is 0.0404. The van der Waals surface area contributed by atoms with E-state index in [1.807, 2.05) is 18.5 Å². The first-order chi connectivity index (χ1) is 15.0. The fraction of sp³-hybridized carbons (Fsp3) is 0.682. The number of anilines is 1. The molecule has 2 aromatic heterocycles. The highest BCUT2D eigenvalue weighted by Gasteiger charge is 2.47. The summed E-state index contributed by atoms with van der Waals surface area (Å²) in [6.07, 6.45) is 8.25. The SMILES string of the molecule is CC1(CO)CN(c2cnc(-c3cn(CC4OCC5(CC5)CO4)nn3)c(OC3CC3)c2)C1. The van der Waals surface area contributed by atoms with Crippen molar-refractivity contribution in [3.05, 3.63) is 18.5 Å².